The maximum atomic E-state index is 10.2. The lowest BCUT2D eigenvalue weighted by Crippen LogP contribution is -2.24. The van der Waals surface area contributed by atoms with Gasteiger partial charge in [-0.1, -0.05) is 53.6 Å². The summed E-state index contributed by atoms with van der Waals surface area (Å²) in [5.74, 6) is 0. The molecule has 0 radical (unpaired) electrons. The predicted octanol–water partition coefficient (Wildman–Crippen LogP) is 3.81. The van der Waals surface area contributed by atoms with E-state index in [1.807, 2.05) is 31.3 Å². The Bertz CT molecular complexity index is 570. The Kier molecular flexibility index (Phi) is 5.18. The Labute approximate surface area is 125 Å². The van der Waals surface area contributed by atoms with Crippen molar-refractivity contribution < 1.29 is 5.11 Å². The molecule has 2 aromatic rings. The topological polar surface area (TPSA) is 23.5 Å². The van der Waals surface area contributed by atoms with Crippen LogP contribution in [0.15, 0.2) is 48.5 Å². The number of hydrogen-bond donors (Lipinski definition) is 1. The molecule has 0 spiro atoms. The van der Waals surface area contributed by atoms with Gasteiger partial charge in [-0.05, 0) is 37.2 Å². The molecule has 0 aromatic heterocycles. The number of hydrogen-bond acceptors (Lipinski definition) is 2. The molecule has 1 N–H and O–H groups in total. The summed E-state index contributed by atoms with van der Waals surface area (Å²) in [6.45, 7) is 3.48. The van der Waals surface area contributed by atoms with Crippen molar-refractivity contribution in [2.45, 2.75) is 19.6 Å². The first-order valence-corrected chi connectivity index (χ1v) is 7.10. The number of aryl methyl sites for hydroxylation is 1. The van der Waals surface area contributed by atoms with Crippen molar-refractivity contribution in [3.63, 3.8) is 0 Å². The van der Waals surface area contributed by atoms with Gasteiger partial charge in [-0.25, -0.2) is 0 Å². The van der Waals surface area contributed by atoms with Gasteiger partial charge in [0.25, 0.3) is 0 Å². The third-order valence-electron chi connectivity index (χ3n) is 3.25. The van der Waals surface area contributed by atoms with Crippen LogP contribution in [-0.4, -0.2) is 23.6 Å². The Balaban J connectivity index is 1.95. The number of nitrogens with zero attached hydrogens (tertiary/aromatic N) is 1. The highest BCUT2D eigenvalue weighted by Gasteiger charge is 2.11. The molecule has 0 aliphatic heterocycles. The van der Waals surface area contributed by atoms with Gasteiger partial charge < -0.3 is 5.11 Å². The summed E-state index contributed by atoms with van der Waals surface area (Å²) in [5, 5.41) is 10.9. The zero-order valence-corrected chi connectivity index (χ0v) is 12.6. The second-order valence-electron chi connectivity index (χ2n) is 5.26. The normalized spacial score (nSPS) is 12.7. The first-order chi connectivity index (χ1) is 9.54. The van der Waals surface area contributed by atoms with Crippen LogP contribution in [0.1, 0.15) is 22.8 Å². The van der Waals surface area contributed by atoms with Crippen LogP contribution in [-0.2, 0) is 6.54 Å². The monoisotopic (exact) mass is 289 g/mol. The van der Waals surface area contributed by atoms with Crippen LogP contribution in [0.4, 0.5) is 0 Å². The van der Waals surface area contributed by atoms with E-state index in [0.717, 1.165) is 12.1 Å². The van der Waals surface area contributed by atoms with Crippen molar-refractivity contribution in [2.75, 3.05) is 13.6 Å². The number of aliphatic hydroxyl groups is 1. The van der Waals surface area contributed by atoms with Crippen molar-refractivity contribution >= 4 is 11.6 Å². The average molecular weight is 290 g/mol. The molecule has 2 nitrogen and oxygen atoms in total. The molecule has 0 heterocycles. The van der Waals surface area contributed by atoms with Crippen LogP contribution in [0.25, 0.3) is 0 Å². The summed E-state index contributed by atoms with van der Waals surface area (Å²) in [6, 6.07) is 15.8. The van der Waals surface area contributed by atoms with E-state index in [0.29, 0.717) is 11.6 Å². The Morgan fingerprint density at radius 2 is 1.90 bits per heavy atom. The molecule has 0 bridgehead atoms. The van der Waals surface area contributed by atoms with Crippen molar-refractivity contribution in [1.29, 1.82) is 0 Å². The molecule has 0 amide bonds. The average Bonchev–Trinajstić information content (AvgIpc) is 2.38. The summed E-state index contributed by atoms with van der Waals surface area (Å²) in [5.41, 5.74) is 3.37. The van der Waals surface area contributed by atoms with E-state index < -0.39 is 6.10 Å². The highest BCUT2D eigenvalue weighted by molar-refractivity contribution is 6.30. The van der Waals surface area contributed by atoms with Crippen LogP contribution in [0, 0.1) is 6.92 Å². The number of rotatable bonds is 5. The number of halogens is 1. The molecule has 0 aliphatic carbocycles. The zero-order chi connectivity index (χ0) is 14.5. The smallest absolute Gasteiger partial charge is 0.0917 e. The molecule has 0 saturated carbocycles. The SMILES string of the molecule is Cc1cccc(CN(C)CC(O)c2cccc(Cl)c2)c1. The second-order valence-corrected chi connectivity index (χ2v) is 5.69. The summed E-state index contributed by atoms with van der Waals surface area (Å²) in [4.78, 5) is 2.11. The third kappa shape index (κ3) is 4.34. The van der Waals surface area contributed by atoms with E-state index in [9.17, 15) is 5.11 Å². The molecular formula is C17H20ClNO. The predicted molar refractivity (Wildman–Crippen MR) is 83.9 cm³/mol. The van der Waals surface area contributed by atoms with Crippen molar-refractivity contribution in [3.8, 4) is 0 Å². The molecule has 1 atom stereocenters. The summed E-state index contributed by atoms with van der Waals surface area (Å²) in [6.07, 6.45) is -0.525. The van der Waals surface area contributed by atoms with Crippen molar-refractivity contribution in [3.05, 3.63) is 70.2 Å². The fourth-order valence-corrected chi connectivity index (χ4v) is 2.50. The van der Waals surface area contributed by atoms with Crippen LogP contribution >= 0.6 is 11.6 Å². The number of likely N-dealkylation sites (N-methyl/N-ethyl adjacent to an activating group) is 1. The minimum Gasteiger partial charge on any atom is -0.387 e. The molecule has 0 aliphatic rings. The van der Waals surface area contributed by atoms with Gasteiger partial charge in [0.05, 0.1) is 6.10 Å². The van der Waals surface area contributed by atoms with E-state index in [1.54, 1.807) is 0 Å². The largest absolute Gasteiger partial charge is 0.387 e. The van der Waals surface area contributed by atoms with Gasteiger partial charge in [0.15, 0.2) is 0 Å². The molecular weight excluding hydrogens is 270 g/mol. The maximum Gasteiger partial charge on any atom is 0.0917 e. The van der Waals surface area contributed by atoms with Crippen LogP contribution < -0.4 is 0 Å². The summed E-state index contributed by atoms with van der Waals surface area (Å²) < 4.78 is 0. The molecule has 2 aromatic carbocycles. The molecule has 0 saturated heterocycles. The fourth-order valence-electron chi connectivity index (χ4n) is 2.30. The van der Waals surface area contributed by atoms with Gasteiger partial charge in [-0.2, -0.15) is 0 Å². The van der Waals surface area contributed by atoms with E-state index in [2.05, 4.69) is 36.1 Å². The third-order valence-corrected chi connectivity index (χ3v) is 3.49. The van der Waals surface area contributed by atoms with Crippen LogP contribution in [0.5, 0.6) is 0 Å². The van der Waals surface area contributed by atoms with Crippen molar-refractivity contribution in [2.24, 2.45) is 0 Å². The lowest BCUT2D eigenvalue weighted by Gasteiger charge is -2.21. The van der Waals surface area contributed by atoms with E-state index in [-0.39, 0.29) is 0 Å². The van der Waals surface area contributed by atoms with E-state index in [1.165, 1.54) is 11.1 Å². The minimum absolute atomic E-state index is 0.525. The molecule has 106 valence electrons. The molecule has 2 rings (SSSR count). The highest BCUT2D eigenvalue weighted by Crippen LogP contribution is 2.19. The van der Waals surface area contributed by atoms with Gasteiger partial charge in [-0.15, -0.1) is 0 Å². The van der Waals surface area contributed by atoms with E-state index >= 15 is 0 Å². The summed E-state index contributed by atoms with van der Waals surface area (Å²) >= 11 is 5.95. The molecule has 3 heteroatoms. The number of aliphatic hydroxyl groups excluding tert-OH is 1. The maximum absolute atomic E-state index is 10.2. The first kappa shape index (κ1) is 15.0. The Morgan fingerprint density at radius 1 is 1.15 bits per heavy atom. The lowest BCUT2D eigenvalue weighted by molar-refractivity contribution is 0.124. The quantitative estimate of drug-likeness (QED) is 0.905. The van der Waals surface area contributed by atoms with Gasteiger partial charge in [0.2, 0.25) is 0 Å². The Morgan fingerprint density at radius 3 is 2.60 bits per heavy atom. The first-order valence-electron chi connectivity index (χ1n) is 6.72. The summed E-state index contributed by atoms with van der Waals surface area (Å²) in [7, 11) is 2.01. The lowest BCUT2D eigenvalue weighted by atomic mass is 10.1. The molecule has 20 heavy (non-hydrogen) atoms. The Hall–Kier alpha value is -1.35. The number of benzene rings is 2. The van der Waals surface area contributed by atoms with Crippen LogP contribution in [0.3, 0.4) is 0 Å². The van der Waals surface area contributed by atoms with Gasteiger partial charge >= 0.3 is 0 Å². The molecule has 1 unspecified atom stereocenters. The standard InChI is InChI=1S/C17H20ClNO/c1-13-5-3-6-14(9-13)11-19(2)12-17(20)15-7-4-8-16(18)10-15/h3-10,17,20H,11-12H2,1-2H3. The van der Waals surface area contributed by atoms with Crippen molar-refractivity contribution in [1.82, 2.24) is 4.90 Å². The highest BCUT2D eigenvalue weighted by atomic mass is 35.5. The van der Waals surface area contributed by atoms with Gasteiger partial charge in [0.1, 0.15) is 0 Å². The van der Waals surface area contributed by atoms with Gasteiger partial charge in [0, 0.05) is 18.1 Å². The fraction of sp³-hybridized carbons (Fsp3) is 0.294. The zero-order valence-electron chi connectivity index (χ0n) is 11.9. The second kappa shape index (κ2) is 6.89. The molecule has 0 fully saturated rings. The van der Waals surface area contributed by atoms with Crippen LogP contribution in [0.2, 0.25) is 5.02 Å². The van der Waals surface area contributed by atoms with E-state index in [4.69, 9.17) is 11.6 Å². The minimum atomic E-state index is -0.525. The van der Waals surface area contributed by atoms with Gasteiger partial charge in [-0.3, -0.25) is 4.90 Å².